The molecule has 0 N–H and O–H groups in total. The highest BCUT2D eigenvalue weighted by Crippen LogP contribution is 2.33. The predicted octanol–water partition coefficient (Wildman–Crippen LogP) is 2.78. The van der Waals surface area contributed by atoms with Gasteiger partial charge in [0.15, 0.2) is 5.52 Å². The van der Waals surface area contributed by atoms with Gasteiger partial charge in [-0.25, -0.2) is 0 Å². The monoisotopic (exact) mass is 313 g/mol. The fraction of sp³-hybridized carbons (Fsp3) is 0.471. The van der Waals surface area contributed by atoms with Gasteiger partial charge in [0.1, 0.15) is 11.9 Å². The third-order valence-corrected chi connectivity index (χ3v) is 4.10. The summed E-state index contributed by atoms with van der Waals surface area (Å²) in [6.07, 6.45) is 0.723. The lowest BCUT2D eigenvalue weighted by molar-refractivity contribution is 0.142. The van der Waals surface area contributed by atoms with Gasteiger partial charge in [0, 0.05) is 25.1 Å². The molecule has 1 fully saturated rings. The van der Waals surface area contributed by atoms with Crippen LogP contribution in [0.15, 0.2) is 16.9 Å². The minimum Gasteiger partial charge on any atom is -0.497 e. The standard InChI is InChI=1S/C17H19N3O3/c1-10(2)12-7-15(21)20(4)13-8-14(17(18-3)19-16(12)13)23-11-5-6-22-9-11/h7-8,10-11H,5-6,9H2,1-2,4H3/t11-/m0/s1. The van der Waals surface area contributed by atoms with E-state index in [0.717, 1.165) is 12.0 Å². The van der Waals surface area contributed by atoms with Gasteiger partial charge in [-0.3, -0.25) is 4.79 Å². The zero-order valence-corrected chi connectivity index (χ0v) is 13.5. The molecule has 1 atom stereocenters. The molecule has 0 bridgehead atoms. The van der Waals surface area contributed by atoms with Gasteiger partial charge in [0.2, 0.25) is 0 Å². The zero-order chi connectivity index (χ0) is 16.6. The number of ether oxygens (including phenoxy) is 2. The summed E-state index contributed by atoms with van der Waals surface area (Å²) in [5, 5.41) is 0. The number of rotatable bonds is 3. The maximum absolute atomic E-state index is 12.2. The van der Waals surface area contributed by atoms with Crippen LogP contribution in [0, 0.1) is 6.57 Å². The van der Waals surface area contributed by atoms with Crippen molar-refractivity contribution in [1.29, 1.82) is 0 Å². The summed E-state index contributed by atoms with van der Waals surface area (Å²) >= 11 is 0. The second-order valence-electron chi connectivity index (χ2n) is 6.04. The van der Waals surface area contributed by atoms with Gasteiger partial charge in [-0.05, 0) is 12.0 Å². The molecule has 3 heterocycles. The van der Waals surface area contributed by atoms with Crippen LogP contribution < -0.4 is 10.3 Å². The smallest absolute Gasteiger partial charge is 0.312 e. The summed E-state index contributed by atoms with van der Waals surface area (Å²) in [4.78, 5) is 20.2. The highest BCUT2D eigenvalue weighted by molar-refractivity contribution is 5.83. The summed E-state index contributed by atoms with van der Waals surface area (Å²) in [7, 11) is 1.70. The first kappa shape index (κ1) is 15.5. The molecule has 0 amide bonds. The molecule has 6 heteroatoms. The van der Waals surface area contributed by atoms with E-state index in [1.807, 2.05) is 13.8 Å². The van der Waals surface area contributed by atoms with Crippen molar-refractivity contribution in [1.82, 2.24) is 9.55 Å². The van der Waals surface area contributed by atoms with Crippen LogP contribution in [0.3, 0.4) is 0 Å². The van der Waals surface area contributed by atoms with E-state index in [0.29, 0.717) is 30.0 Å². The van der Waals surface area contributed by atoms with Gasteiger partial charge in [0.05, 0.1) is 18.7 Å². The molecule has 6 nitrogen and oxygen atoms in total. The number of pyridine rings is 2. The van der Waals surface area contributed by atoms with Crippen LogP contribution in [0.2, 0.25) is 0 Å². The Morgan fingerprint density at radius 3 is 2.87 bits per heavy atom. The van der Waals surface area contributed by atoms with E-state index in [2.05, 4.69) is 9.83 Å². The van der Waals surface area contributed by atoms with Crippen LogP contribution in [0.5, 0.6) is 5.75 Å². The van der Waals surface area contributed by atoms with Crippen LogP contribution in [-0.2, 0) is 11.8 Å². The average molecular weight is 313 g/mol. The van der Waals surface area contributed by atoms with Crippen molar-refractivity contribution in [2.75, 3.05) is 13.2 Å². The van der Waals surface area contributed by atoms with Crippen molar-refractivity contribution < 1.29 is 9.47 Å². The first-order chi connectivity index (χ1) is 11.0. The molecule has 1 aliphatic rings. The van der Waals surface area contributed by atoms with Gasteiger partial charge >= 0.3 is 5.82 Å². The van der Waals surface area contributed by atoms with E-state index >= 15 is 0 Å². The molecular weight excluding hydrogens is 294 g/mol. The minimum atomic E-state index is -0.0892. The summed E-state index contributed by atoms with van der Waals surface area (Å²) in [5.41, 5.74) is 2.13. The molecule has 2 aromatic rings. The van der Waals surface area contributed by atoms with E-state index in [-0.39, 0.29) is 23.4 Å². The molecule has 0 spiro atoms. The Labute approximate surface area is 134 Å². The summed E-state index contributed by atoms with van der Waals surface area (Å²) < 4.78 is 12.7. The first-order valence-electron chi connectivity index (χ1n) is 7.67. The van der Waals surface area contributed by atoms with Crippen molar-refractivity contribution in [2.24, 2.45) is 7.05 Å². The summed E-state index contributed by atoms with van der Waals surface area (Å²) in [6.45, 7) is 12.6. The highest BCUT2D eigenvalue weighted by atomic mass is 16.5. The Kier molecular flexibility index (Phi) is 4.05. The molecule has 3 rings (SSSR count). The van der Waals surface area contributed by atoms with Crippen LogP contribution in [0.1, 0.15) is 31.7 Å². The third kappa shape index (κ3) is 2.80. The van der Waals surface area contributed by atoms with Crippen LogP contribution >= 0.6 is 0 Å². The van der Waals surface area contributed by atoms with Gasteiger partial charge < -0.3 is 18.9 Å². The number of aryl methyl sites for hydroxylation is 1. The van der Waals surface area contributed by atoms with E-state index in [9.17, 15) is 4.79 Å². The number of hydrogen-bond acceptors (Lipinski definition) is 4. The second-order valence-corrected chi connectivity index (χ2v) is 6.04. The maximum atomic E-state index is 12.2. The molecule has 2 aromatic heterocycles. The molecule has 0 aromatic carbocycles. The van der Waals surface area contributed by atoms with Crippen LogP contribution in [0.25, 0.3) is 15.9 Å². The number of hydrogen-bond donors (Lipinski definition) is 0. The fourth-order valence-electron chi connectivity index (χ4n) is 2.75. The molecule has 1 saturated heterocycles. The topological polar surface area (TPSA) is 57.7 Å². The Balaban J connectivity index is 2.21. The van der Waals surface area contributed by atoms with Crippen molar-refractivity contribution in [2.45, 2.75) is 32.3 Å². The summed E-state index contributed by atoms with van der Waals surface area (Å²) in [6, 6.07) is 3.35. The van der Waals surface area contributed by atoms with Gasteiger partial charge in [-0.1, -0.05) is 20.4 Å². The Bertz CT molecular complexity index is 843. The lowest BCUT2D eigenvalue weighted by Gasteiger charge is -2.15. The number of fused-ring (bicyclic) bond motifs is 1. The van der Waals surface area contributed by atoms with E-state index in [4.69, 9.17) is 16.0 Å². The second kappa shape index (κ2) is 6.01. The molecule has 23 heavy (non-hydrogen) atoms. The Morgan fingerprint density at radius 1 is 1.48 bits per heavy atom. The number of aromatic nitrogens is 2. The largest absolute Gasteiger partial charge is 0.497 e. The highest BCUT2D eigenvalue weighted by Gasteiger charge is 2.22. The number of nitrogens with zero attached hydrogens (tertiary/aromatic N) is 3. The van der Waals surface area contributed by atoms with Crippen molar-refractivity contribution in [3.05, 3.63) is 39.5 Å². The van der Waals surface area contributed by atoms with Gasteiger partial charge in [0.25, 0.3) is 5.56 Å². The van der Waals surface area contributed by atoms with Crippen LogP contribution in [0.4, 0.5) is 5.82 Å². The lowest BCUT2D eigenvalue weighted by atomic mass is 10.0. The Hall–Kier alpha value is -2.39. The molecule has 1 aliphatic heterocycles. The average Bonchev–Trinajstić information content (AvgIpc) is 3.03. The minimum absolute atomic E-state index is 0.0694. The molecule has 0 radical (unpaired) electrons. The molecular formula is C17H19N3O3. The van der Waals surface area contributed by atoms with E-state index < -0.39 is 0 Å². The third-order valence-electron chi connectivity index (χ3n) is 4.10. The van der Waals surface area contributed by atoms with Gasteiger partial charge in [-0.2, -0.15) is 0 Å². The molecule has 0 unspecified atom stereocenters. The molecule has 120 valence electrons. The molecule has 0 aliphatic carbocycles. The van der Waals surface area contributed by atoms with Crippen molar-refractivity contribution in [3.63, 3.8) is 0 Å². The SMILES string of the molecule is [C-]#[N+]c1nc2c(C(C)C)cc(=O)n(C)c2cc1O[C@H]1CCOC1. The van der Waals surface area contributed by atoms with E-state index in [1.54, 1.807) is 23.7 Å². The molecule has 0 saturated carbocycles. The first-order valence-corrected chi connectivity index (χ1v) is 7.67. The van der Waals surface area contributed by atoms with Crippen molar-refractivity contribution >= 4 is 16.9 Å². The fourth-order valence-corrected chi connectivity index (χ4v) is 2.75. The lowest BCUT2D eigenvalue weighted by Crippen LogP contribution is -2.19. The van der Waals surface area contributed by atoms with Gasteiger partial charge in [-0.15, -0.1) is 4.98 Å². The quantitative estimate of drug-likeness (QED) is 0.818. The van der Waals surface area contributed by atoms with Crippen molar-refractivity contribution in [3.8, 4) is 5.75 Å². The van der Waals surface area contributed by atoms with E-state index in [1.165, 1.54) is 0 Å². The van der Waals surface area contributed by atoms with Crippen LogP contribution in [-0.4, -0.2) is 28.9 Å². The maximum Gasteiger partial charge on any atom is 0.312 e. The zero-order valence-electron chi connectivity index (χ0n) is 13.5. The normalized spacial score (nSPS) is 17.6. The predicted molar refractivity (Wildman–Crippen MR) is 87.2 cm³/mol. The summed E-state index contributed by atoms with van der Waals surface area (Å²) in [5.74, 6) is 0.788. The Morgan fingerprint density at radius 2 is 2.26 bits per heavy atom.